The molecule has 0 amide bonds. The van der Waals surface area contributed by atoms with E-state index in [1.54, 1.807) is 12.4 Å². The van der Waals surface area contributed by atoms with E-state index in [1.807, 2.05) is 12.1 Å². The second kappa shape index (κ2) is 5.41. The minimum Gasteiger partial charge on any atom is -0.487 e. The van der Waals surface area contributed by atoms with Gasteiger partial charge in [0.15, 0.2) is 0 Å². The smallest absolute Gasteiger partial charge is 0.283 e. The molecule has 1 aromatic heterocycles. The number of benzene rings is 1. The normalized spacial score (nSPS) is 32.2. The van der Waals surface area contributed by atoms with Gasteiger partial charge >= 0.3 is 0 Å². The first kappa shape index (κ1) is 15.6. The molecule has 1 fully saturated rings. The highest BCUT2D eigenvalue weighted by molar-refractivity contribution is 5.75. The minimum absolute atomic E-state index is 0.0274. The third kappa shape index (κ3) is 2.13. The Hall–Kier alpha value is -2.67. The number of amidine groups is 1. The Morgan fingerprint density at radius 1 is 1.19 bits per heavy atom. The summed E-state index contributed by atoms with van der Waals surface area (Å²) in [7, 11) is 0. The molecule has 0 radical (unpaired) electrons. The molecule has 26 heavy (non-hydrogen) atoms. The van der Waals surface area contributed by atoms with Crippen LogP contribution in [0.15, 0.2) is 41.9 Å². The maximum absolute atomic E-state index is 6.46. The first-order chi connectivity index (χ1) is 12.6. The summed E-state index contributed by atoms with van der Waals surface area (Å²) in [6.45, 7) is 3.77. The molecule has 3 aliphatic heterocycles. The Morgan fingerprint density at radius 2 is 2.04 bits per heavy atom. The van der Waals surface area contributed by atoms with Gasteiger partial charge in [0, 0.05) is 29.9 Å². The first-order valence-electron chi connectivity index (χ1n) is 8.76. The van der Waals surface area contributed by atoms with Crippen LogP contribution in [0.5, 0.6) is 5.75 Å². The molecule has 1 saturated heterocycles. The molecule has 1 spiro atoms. The highest BCUT2D eigenvalue weighted by atomic mass is 16.5. The van der Waals surface area contributed by atoms with Crippen LogP contribution in [0.2, 0.25) is 0 Å². The summed E-state index contributed by atoms with van der Waals surface area (Å²) in [5, 5.41) is 0. The van der Waals surface area contributed by atoms with Gasteiger partial charge in [0.2, 0.25) is 0 Å². The average Bonchev–Trinajstić information content (AvgIpc) is 3.04. The molecule has 3 atom stereocenters. The third-order valence-electron chi connectivity index (χ3n) is 5.77. The summed E-state index contributed by atoms with van der Waals surface area (Å²) in [6.07, 6.45) is 5.92. The van der Waals surface area contributed by atoms with Gasteiger partial charge in [0.1, 0.15) is 29.8 Å². The van der Waals surface area contributed by atoms with Crippen molar-refractivity contribution in [2.24, 2.45) is 16.6 Å². The summed E-state index contributed by atoms with van der Waals surface area (Å²) in [4.78, 5) is 13.0. The van der Waals surface area contributed by atoms with E-state index >= 15 is 0 Å². The Bertz CT molecular complexity index is 888. The average molecular weight is 352 g/mol. The van der Waals surface area contributed by atoms with Gasteiger partial charge in [0.05, 0.1) is 19.1 Å². The molecule has 7 heteroatoms. The van der Waals surface area contributed by atoms with Crippen LogP contribution in [0, 0.1) is 5.92 Å². The highest BCUT2D eigenvalue weighted by Gasteiger charge is 2.59. The molecule has 3 aliphatic rings. The van der Waals surface area contributed by atoms with Gasteiger partial charge in [-0.15, -0.1) is 0 Å². The lowest BCUT2D eigenvalue weighted by molar-refractivity contribution is -0.129. The van der Waals surface area contributed by atoms with Crippen LogP contribution in [0.4, 0.5) is 0 Å². The maximum Gasteiger partial charge on any atom is 0.283 e. The van der Waals surface area contributed by atoms with Gasteiger partial charge < -0.3 is 19.9 Å². The predicted octanol–water partition coefficient (Wildman–Crippen LogP) is 1.87. The van der Waals surface area contributed by atoms with E-state index in [0.717, 1.165) is 28.9 Å². The number of rotatable bonds is 1. The van der Waals surface area contributed by atoms with E-state index in [-0.39, 0.29) is 17.5 Å². The lowest BCUT2D eigenvalue weighted by Gasteiger charge is -2.52. The number of hydrogen-bond donors (Lipinski definition) is 1. The zero-order valence-electron chi connectivity index (χ0n) is 14.5. The molecule has 2 aromatic rings. The number of nitrogens with zero attached hydrogens (tertiary/aromatic N) is 3. The fourth-order valence-electron chi connectivity index (χ4n) is 4.38. The zero-order valence-corrected chi connectivity index (χ0v) is 14.5. The fraction of sp³-hybridized carbons (Fsp3) is 0.421. The molecule has 0 aliphatic carbocycles. The number of nitrogens with two attached hydrogens (primary N) is 1. The summed E-state index contributed by atoms with van der Waals surface area (Å²) in [5.74, 6) is 0.855. The van der Waals surface area contributed by atoms with Crippen LogP contribution >= 0.6 is 0 Å². The van der Waals surface area contributed by atoms with Crippen LogP contribution in [0.25, 0.3) is 11.1 Å². The molecule has 7 nitrogen and oxygen atoms in total. The fourth-order valence-corrected chi connectivity index (χ4v) is 4.38. The van der Waals surface area contributed by atoms with Gasteiger partial charge in [-0.3, -0.25) is 0 Å². The highest BCUT2D eigenvalue weighted by Crippen LogP contribution is 2.54. The van der Waals surface area contributed by atoms with Gasteiger partial charge in [-0.05, 0) is 24.6 Å². The number of hydrogen-bond acceptors (Lipinski definition) is 7. The number of fused-ring (bicyclic) bond motifs is 4. The van der Waals surface area contributed by atoms with Gasteiger partial charge in [0.25, 0.3) is 6.02 Å². The lowest BCUT2D eigenvalue weighted by atomic mass is 9.66. The molecule has 2 N–H and O–H groups in total. The largest absolute Gasteiger partial charge is 0.487 e. The predicted molar refractivity (Wildman–Crippen MR) is 94.7 cm³/mol. The third-order valence-corrected chi connectivity index (χ3v) is 5.77. The van der Waals surface area contributed by atoms with E-state index < -0.39 is 5.54 Å². The molecule has 4 heterocycles. The molecule has 5 rings (SSSR count). The Balaban J connectivity index is 1.71. The van der Waals surface area contributed by atoms with Gasteiger partial charge in [-0.1, -0.05) is 6.07 Å². The molecule has 0 bridgehead atoms. The van der Waals surface area contributed by atoms with Crippen molar-refractivity contribution >= 4 is 6.02 Å². The summed E-state index contributed by atoms with van der Waals surface area (Å²) in [5.41, 5.74) is 7.90. The van der Waals surface area contributed by atoms with Crippen molar-refractivity contribution in [2.75, 3.05) is 19.8 Å². The van der Waals surface area contributed by atoms with Crippen molar-refractivity contribution in [3.05, 3.63) is 42.5 Å². The van der Waals surface area contributed by atoms with Crippen LogP contribution in [-0.4, -0.2) is 41.4 Å². The van der Waals surface area contributed by atoms with Crippen molar-refractivity contribution in [2.45, 2.75) is 24.5 Å². The van der Waals surface area contributed by atoms with E-state index in [9.17, 15) is 0 Å². The number of ether oxygens (including phenoxy) is 3. The van der Waals surface area contributed by atoms with Crippen LogP contribution < -0.4 is 10.5 Å². The molecular formula is C19H20N4O3. The topological polar surface area (TPSA) is 91.9 Å². The van der Waals surface area contributed by atoms with Crippen LogP contribution in [0.3, 0.4) is 0 Å². The number of aromatic nitrogens is 2. The lowest BCUT2D eigenvalue weighted by Crippen LogP contribution is -2.59. The molecule has 1 unspecified atom stereocenters. The molecular weight excluding hydrogens is 332 g/mol. The van der Waals surface area contributed by atoms with Crippen molar-refractivity contribution in [1.29, 1.82) is 0 Å². The molecule has 0 saturated carbocycles. The standard InChI is InChI=1S/C19H20N4O3/c1-18-4-5-24-9-16(18)19(10-25-17(20)23-19)14-6-12(2-3-15(14)26-18)13-7-21-11-22-8-13/h2-3,6-8,11,16H,4-5,9-10H2,1H3,(H2,20,23)/t16-,18-,19?/m0/s1. The monoisotopic (exact) mass is 352 g/mol. The van der Waals surface area contributed by atoms with Crippen molar-refractivity contribution < 1.29 is 14.2 Å². The Labute approximate surface area is 151 Å². The van der Waals surface area contributed by atoms with Crippen molar-refractivity contribution in [3.8, 4) is 16.9 Å². The SMILES string of the molecule is C[C@]12CCOC[C@@H]1C1(COC(N)=N1)c1cc(-c3cncnc3)ccc1O2. The van der Waals surface area contributed by atoms with E-state index in [1.165, 1.54) is 6.33 Å². The van der Waals surface area contributed by atoms with Gasteiger partial charge in [-0.2, -0.15) is 0 Å². The van der Waals surface area contributed by atoms with Crippen LogP contribution in [0.1, 0.15) is 18.9 Å². The Morgan fingerprint density at radius 3 is 2.81 bits per heavy atom. The first-order valence-corrected chi connectivity index (χ1v) is 8.76. The zero-order chi connectivity index (χ0) is 17.8. The summed E-state index contributed by atoms with van der Waals surface area (Å²) < 4.78 is 17.9. The van der Waals surface area contributed by atoms with E-state index in [0.29, 0.717) is 19.8 Å². The quantitative estimate of drug-likeness (QED) is 0.842. The second-order valence-electron chi connectivity index (χ2n) is 7.29. The Kier molecular flexibility index (Phi) is 3.24. The minimum atomic E-state index is -0.599. The second-order valence-corrected chi connectivity index (χ2v) is 7.29. The van der Waals surface area contributed by atoms with E-state index in [4.69, 9.17) is 24.9 Å². The number of aliphatic imine (C=N–C) groups is 1. The molecule has 134 valence electrons. The van der Waals surface area contributed by atoms with Crippen molar-refractivity contribution in [3.63, 3.8) is 0 Å². The summed E-state index contributed by atoms with van der Waals surface area (Å²) in [6, 6.07) is 6.34. The van der Waals surface area contributed by atoms with E-state index in [2.05, 4.69) is 23.0 Å². The maximum atomic E-state index is 6.46. The molecule has 1 aromatic carbocycles. The summed E-state index contributed by atoms with van der Waals surface area (Å²) >= 11 is 0. The van der Waals surface area contributed by atoms with Gasteiger partial charge in [-0.25, -0.2) is 15.0 Å². The van der Waals surface area contributed by atoms with Crippen molar-refractivity contribution in [1.82, 2.24) is 9.97 Å². The van der Waals surface area contributed by atoms with Crippen LogP contribution in [-0.2, 0) is 15.0 Å².